The lowest BCUT2D eigenvalue weighted by atomic mass is 9.63. The summed E-state index contributed by atoms with van der Waals surface area (Å²) in [6.07, 6.45) is 4.21. The van der Waals surface area contributed by atoms with Crippen LogP contribution in [0.2, 0.25) is 0 Å². The molecule has 2 heteroatoms. The largest absolute Gasteiger partial charge is 0.370 e. The maximum absolute atomic E-state index is 8.92. The summed E-state index contributed by atoms with van der Waals surface area (Å²) in [7, 11) is 0. The molecule has 1 spiro atoms. The Morgan fingerprint density at radius 2 is 2.06 bits per heavy atom. The van der Waals surface area contributed by atoms with Crippen LogP contribution in [0.5, 0.6) is 0 Å². The summed E-state index contributed by atoms with van der Waals surface area (Å²) in [4.78, 5) is 2.43. The van der Waals surface area contributed by atoms with Crippen molar-refractivity contribution in [3.63, 3.8) is 0 Å². The van der Waals surface area contributed by atoms with Crippen LogP contribution in [0.1, 0.15) is 30.4 Å². The molecule has 2 fully saturated rings. The summed E-state index contributed by atoms with van der Waals surface area (Å²) in [6, 6.07) is 8.20. The molecule has 2 aliphatic rings. The summed E-state index contributed by atoms with van der Waals surface area (Å²) in [5, 5.41) is 8.92. The van der Waals surface area contributed by atoms with Gasteiger partial charge in [-0.2, -0.15) is 5.26 Å². The fourth-order valence-corrected chi connectivity index (χ4v) is 2.95. The number of nitriles is 1. The molecule has 16 heavy (non-hydrogen) atoms. The van der Waals surface area contributed by atoms with Crippen molar-refractivity contribution in [2.75, 3.05) is 18.0 Å². The molecule has 0 unspecified atom stereocenters. The van der Waals surface area contributed by atoms with Crippen LogP contribution in [0.25, 0.3) is 0 Å². The predicted octanol–water partition coefficient (Wildman–Crippen LogP) is 2.86. The molecule has 1 aliphatic heterocycles. The van der Waals surface area contributed by atoms with Gasteiger partial charge in [-0.25, -0.2) is 0 Å². The molecule has 1 aliphatic carbocycles. The smallest absolute Gasteiger partial charge is 0.0992 e. The van der Waals surface area contributed by atoms with E-state index in [1.54, 1.807) is 0 Å². The Labute approximate surface area is 96.5 Å². The van der Waals surface area contributed by atoms with Gasteiger partial charge in [0.2, 0.25) is 0 Å². The molecular weight excluding hydrogens is 196 g/mol. The average Bonchev–Trinajstić information content (AvgIpc) is 2.16. The lowest BCUT2D eigenvalue weighted by Crippen LogP contribution is -2.60. The summed E-state index contributed by atoms with van der Waals surface area (Å²) in [5.74, 6) is 0. The van der Waals surface area contributed by atoms with Gasteiger partial charge in [0.15, 0.2) is 0 Å². The van der Waals surface area contributed by atoms with E-state index in [1.807, 2.05) is 12.1 Å². The zero-order valence-corrected chi connectivity index (χ0v) is 9.66. The van der Waals surface area contributed by atoms with Gasteiger partial charge in [-0.15, -0.1) is 0 Å². The van der Waals surface area contributed by atoms with E-state index in [0.717, 1.165) is 5.56 Å². The second kappa shape index (κ2) is 3.25. The summed E-state index contributed by atoms with van der Waals surface area (Å²) >= 11 is 0. The first-order valence-electron chi connectivity index (χ1n) is 5.98. The topological polar surface area (TPSA) is 27.0 Å². The zero-order chi connectivity index (χ0) is 11.2. The Bertz CT molecular complexity index is 458. The summed E-state index contributed by atoms with van der Waals surface area (Å²) < 4.78 is 0. The Morgan fingerprint density at radius 1 is 1.31 bits per heavy atom. The monoisotopic (exact) mass is 212 g/mol. The van der Waals surface area contributed by atoms with Crippen LogP contribution in [0, 0.1) is 23.7 Å². The molecule has 1 aromatic rings. The predicted molar refractivity (Wildman–Crippen MR) is 64.4 cm³/mol. The van der Waals surface area contributed by atoms with Gasteiger partial charge in [0.25, 0.3) is 0 Å². The minimum atomic E-state index is 0.648. The van der Waals surface area contributed by atoms with Crippen molar-refractivity contribution in [1.29, 1.82) is 5.26 Å². The van der Waals surface area contributed by atoms with Gasteiger partial charge >= 0.3 is 0 Å². The molecule has 0 amide bonds. The third kappa shape index (κ3) is 1.31. The van der Waals surface area contributed by atoms with Crippen LogP contribution in [0.15, 0.2) is 18.2 Å². The van der Waals surface area contributed by atoms with Crippen molar-refractivity contribution >= 4 is 5.69 Å². The van der Waals surface area contributed by atoms with Gasteiger partial charge in [0.1, 0.15) is 0 Å². The van der Waals surface area contributed by atoms with Crippen molar-refractivity contribution < 1.29 is 0 Å². The number of hydrogen-bond acceptors (Lipinski definition) is 2. The van der Waals surface area contributed by atoms with Gasteiger partial charge in [0, 0.05) is 24.2 Å². The van der Waals surface area contributed by atoms with E-state index in [-0.39, 0.29) is 0 Å². The lowest BCUT2D eigenvalue weighted by molar-refractivity contribution is 0.0903. The molecule has 1 saturated heterocycles. The van der Waals surface area contributed by atoms with Crippen LogP contribution in [0.4, 0.5) is 5.69 Å². The summed E-state index contributed by atoms with van der Waals surface area (Å²) in [6.45, 7) is 4.52. The fourth-order valence-electron chi connectivity index (χ4n) is 2.95. The van der Waals surface area contributed by atoms with E-state index in [4.69, 9.17) is 5.26 Å². The number of nitrogens with zero attached hydrogens (tertiary/aromatic N) is 2. The van der Waals surface area contributed by atoms with Crippen molar-refractivity contribution in [3.8, 4) is 6.07 Å². The van der Waals surface area contributed by atoms with Gasteiger partial charge < -0.3 is 4.90 Å². The molecule has 0 aromatic heterocycles. The van der Waals surface area contributed by atoms with Gasteiger partial charge in [0.05, 0.1) is 11.6 Å². The van der Waals surface area contributed by atoms with Crippen molar-refractivity contribution in [3.05, 3.63) is 29.3 Å². The molecular formula is C14H16N2. The first-order valence-corrected chi connectivity index (χ1v) is 5.98. The zero-order valence-electron chi connectivity index (χ0n) is 9.66. The number of aryl methyl sites for hydroxylation is 1. The second-order valence-electron chi connectivity index (χ2n) is 5.32. The Hall–Kier alpha value is -1.49. The van der Waals surface area contributed by atoms with Crippen LogP contribution < -0.4 is 4.90 Å². The van der Waals surface area contributed by atoms with E-state index < -0.39 is 0 Å². The molecule has 0 N–H and O–H groups in total. The van der Waals surface area contributed by atoms with Crippen LogP contribution in [-0.2, 0) is 0 Å². The molecule has 1 heterocycles. The quantitative estimate of drug-likeness (QED) is 0.715. The number of hydrogen-bond donors (Lipinski definition) is 0. The van der Waals surface area contributed by atoms with Crippen molar-refractivity contribution in [1.82, 2.24) is 0 Å². The normalized spacial score (nSPS) is 21.1. The highest BCUT2D eigenvalue weighted by Gasteiger charge is 2.47. The van der Waals surface area contributed by atoms with E-state index in [0.29, 0.717) is 5.41 Å². The summed E-state index contributed by atoms with van der Waals surface area (Å²) in [5.41, 5.74) is 3.97. The van der Waals surface area contributed by atoms with Gasteiger partial charge in [-0.3, -0.25) is 0 Å². The van der Waals surface area contributed by atoms with Gasteiger partial charge in [-0.05, 0) is 37.5 Å². The standard InChI is InChI=1S/C14H16N2/c1-11-3-4-12(8-15)7-13(11)16-9-14(10-16)5-2-6-14/h3-4,7H,2,5-6,9-10H2,1H3. The van der Waals surface area contributed by atoms with E-state index in [9.17, 15) is 0 Å². The fraction of sp³-hybridized carbons (Fsp3) is 0.500. The molecule has 0 atom stereocenters. The second-order valence-corrected chi connectivity index (χ2v) is 5.32. The minimum Gasteiger partial charge on any atom is -0.370 e. The molecule has 82 valence electrons. The maximum atomic E-state index is 8.92. The van der Waals surface area contributed by atoms with Gasteiger partial charge in [-0.1, -0.05) is 12.5 Å². The lowest BCUT2D eigenvalue weighted by Gasteiger charge is -2.57. The van der Waals surface area contributed by atoms with Crippen LogP contribution >= 0.6 is 0 Å². The van der Waals surface area contributed by atoms with Crippen LogP contribution in [0.3, 0.4) is 0 Å². The first kappa shape index (κ1) is 9.72. The molecule has 2 nitrogen and oxygen atoms in total. The van der Waals surface area contributed by atoms with E-state index in [1.165, 1.54) is 43.6 Å². The highest BCUT2D eigenvalue weighted by molar-refractivity contribution is 5.59. The highest BCUT2D eigenvalue weighted by Crippen LogP contribution is 2.49. The molecule has 0 radical (unpaired) electrons. The highest BCUT2D eigenvalue weighted by atomic mass is 15.2. The number of benzene rings is 1. The Kier molecular flexibility index (Phi) is 1.97. The maximum Gasteiger partial charge on any atom is 0.0992 e. The number of rotatable bonds is 1. The number of anilines is 1. The third-order valence-corrected chi connectivity index (χ3v) is 4.15. The van der Waals surface area contributed by atoms with Crippen molar-refractivity contribution in [2.24, 2.45) is 5.41 Å². The Morgan fingerprint density at radius 3 is 2.62 bits per heavy atom. The molecule has 0 bridgehead atoms. The SMILES string of the molecule is Cc1ccc(C#N)cc1N1CC2(CCC2)C1. The van der Waals surface area contributed by atoms with E-state index in [2.05, 4.69) is 24.0 Å². The van der Waals surface area contributed by atoms with Crippen LogP contribution in [-0.4, -0.2) is 13.1 Å². The average molecular weight is 212 g/mol. The molecule has 1 saturated carbocycles. The third-order valence-electron chi connectivity index (χ3n) is 4.15. The first-order chi connectivity index (χ1) is 7.72. The minimum absolute atomic E-state index is 0.648. The molecule has 3 rings (SSSR count). The van der Waals surface area contributed by atoms with Crippen molar-refractivity contribution in [2.45, 2.75) is 26.2 Å². The Balaban J connectivity index is 1.82. The van der Waals surface area contributed by atoms with E-state index >= 15 is 0 Å². The molecule has 1 aromatic carbocycles.